The number of esters is 1. The van der Waals surface area contributed by atoms with Crippen LogP contribution in [0.2, 0.25) is 0 Å². The van der Waals surface area contributed by atoms with Crippen molar-refractivity contribution in [3.63, 3.8) is 0 Å². The molecule has 3 aliphatic heterocycles. The summed E-state index contributed by atoms with van der Waals surface area (Å²) in [5, 5.41) is 10.7. The quantitative estimate of drug-likeness (QED) is 0.136. The molecule has 5 rings (SSSR count). The van der Waals surface area contributed by atoms with Crippen LogP contribution < -0.4 is 0 Å². The average molecular weight is 658 g/mol. The van der Waals surface area contributed by atoms with Gasteiger partial charge in [0.15, 0.2) is 0 Å². The van der Waals surface area contributed by atoms with Gasteiger partial charge in [0.05, 0.1) is 37.2 Å². The summed E-state index contributed by atoms with van der Waals surface area (Å²) in [6, 6.07) is 8.08. The van der Waals surface area contributed by atoms with E-state index >= 15 is 0 Å². The van der Waals surface area contributed by atoms with Gasteiger partial charge < -0.3 is 24.4 Å². The van der Waals surface area contributed by atoms with E-state index in [0.29, 0.717) is 25.8 Å². The maximum absolute atomic E-state index is 14.8. The van der Waals surface area contributed by atoms with Gasteiger partial charge in [0.2, 0.25) is 11.8 Å². The number of hydrogen-bond donors (Lipinski definition) is 1. The van der Waals surface area contributed by atoms with E-state index in [1.807, 2.05) is 41.3 Å². The van der Waals surface area contributed by atoms with Crippen LogP contribution in [-0.4, -0.2) is 87.1 Å². The number of allylic oxidation sites excluding steroid dienone is 1. The number of aliphatic hydroxyl groups excluding tert-OH is 1. The highest BCUT2D eigenvalue weighted by Gasteiger charge is 2.77. The van der Waals surface area contributed by atoms with E-state index in [9.17, 15) is 19.5 Å². The van der Waals surface area contributed by atoms with Crippen molar-refractivity contribution in [2.24, 2.45) is 11.8 Å². The maximum Gasteiger partial charge on any atom is 0.312 e. The Morgan fingerprint density at radius 1 is 1.16 bits per heavy atom. The summed E-state index contributed by atoms with van der Waals surface area (Å²) in [6.07, 6.45) is 11.2. The molecule has 1 saturated carbocycles. The smallest absolute Gasteiger partial charge is 0.312 e. The molecule has 7 atom stereocenters. The minimum atomic E-state index is -1.20. The molecule has 2 amide bonds. The van der Waals surface area contributed by atoms with Crippen molar-refractivity contribution in [3.05, 3.63) is 61.2 Å². The lowest BCUT2D eigenvalue weighted by Crippen LogP contribution is -2.60. The molecule has 1 aliphatic carbocycles. The monoisotopic (exact) mass is 656 g/mol. The first-order valence-corrected chi connectivity index (χ1v) is 16.8. The van der Waals surface area contributed by atoms with E-state index < -0.39 is 41.6 Å². The van der Waals surface area contributed by atoms with E-state index in [-0.39, 0.29) is 35.9 Å². The van der Waals surface area contributed by atoms with Gasteiger partial charge in [0, 0.05) is 17.4 Å². The fraction of sp³-hybridized carbons (Fsp3) is 0.618. The highest BCUT2D eigenvalue weighted by atomic mass is 79.9. The van der Waals surface area contributed by atoms with Crippen LogP contribution in [0.4, 0.5) is 0 Å². The van der Waals surface area contributed by atoms with Crippen LogP contribution in [0.15, 0.2) is 55.6 Å². The highest BCUT2D eigenvalue weighted by molar-refractivity contribution is 9.09. The molecule has 3 saturated heterocycles. The van der Waals surface area contributed by atoms with Gasteiger partial charge in [-0.25, -0.2) is 0 Å². The molecular weight excluding hydrogens is 612 g/mol. The number of aliphatic hydroxyl groups is 1. The molecule has 0 aromatic heterocycles. The second-order valence-corrected chi connectivity index (χ2v) is 13.6. The molecule has 1 aromatic rings. The van der Waals surface area contributed by atoms with Crippen LogP contribution in [0.1, 0.15) is 63.4 Å². The van der Waals surface area contributed by atoms with E-state index in [0.717, 1.165) is 50.5 Å². The topological polar surface area (TPSA) is 96.4 Å². The molecule has 9 heteroatoms. The lowest BCUT2D eigenvalue weighted by Gasteiger charge is -2.42. The number of carbonyl (C=O) groups excluding carboxylic acids is 3. The van der Waals surface area contributed by atoms with E-state index in [4.69, 9.17) is 9.47 Å². The van der Waals surface area contributed by atoms with Crippen LogP contribution in [0, 0.1) is 11.8 Å². The Bertz CT molecular complexity index is 1170. The Kier molecular flexibility index (Phi) is 10.5. The number of nitrogens with zero attached hydrogens (tertiary/aromatic N) is 2. The molecule has 0 radical (unpaired) electrons. The van der Waals surface area contributed by atoms with Gasteiger partial charge in [-0.3, -0.25) is 14.4 Å². The Labute approximate surface area is 263 Å². The maximum atomic E-state index is 14.8. The summed E-state index contributed by atoms with van der Waals surface area (Å²) < 4.78 is 12.4. The molecule has 3 unspecified atom stereocenters. The van der Waals surface area contributed by atoms with Crippen LogP contribution in [0.25, 0.3) is 0 Å². The Hall–Kier alpha value is -2.49. The number of ether oxygens (including phenoxy) is 2. The molecule has 1 spiro atoms. The standard InChI is InChI=1S/C34H45BrN2O6/c1-3-5-6-13-19-42-33(41)27-28-31(39)37(25(22-38)20-23-14-9-7-10-15-23)30(34(28)21-26(35)29(27)43-34)32(40)36(18-4-2)24-16-11-8-12-17-24/h3-4,7,9-10,14-15,24-30,38H,1-2,5-6,8,11-13,16-22H2/t25-,26?,27+,28+,29+,30?,34?/m1/s1. The molecule has 4 fully saturated rings. The van der Waals surface area contributed by atoms with Gasteiger partial charge in [-0.05, 0) is 50.5 Å². The molecule has 1 aromatic carbocycles. The Morgan fingerprint density at radius 3 is 2.58 bits per heavy atom. The average Bonchev–Trinajstić information content (AvgIpc) is 3.62. The van der Waals surface area contributed by atoms with Crippen LogP contribution in [-0.2, 0) is 30.3 Å². The molecule has 4 aliphatic rings. The van der Waals surface area contributed by atoms with E-state index in [1.54, 1.807) is 11.0 Å². The number of unbranched alkanes of at least 4 members (excludes halogenated alkanes) is 2. The first-order chi connectivity index (χ1) is 20.9. The van der Waals surface area contributed by atoms with Crippen molar-refractivity contribution >= 4 is 33.7 Å². The summed E-state index contributed by atoms with van der Waals surface area (Å²) in [4.78, 5) is 46.3. The number of alkyl halides is 1. The SMILES string of the molecule is C=CCCCCOC(=O)[C@H]1[C@H]2C(=O)N([C@@H](CO)Cc3ccccc3)C(C(=O)N(CC=C)C3CCCCC3)C23CC(Br)[C@@H]1O3. The lowest BCUT2D eigenvalue weighted by atomic mass is 9.70. The number of likely N-dealkylation sites (tertiary alicyclic amines) is 1. The summed E-state index contributed by atoms with van der Waals surface area (Å²) in [6.45, 7) is 7.97. The summed E-state index contributed by atoms with van der Waals surface area (Å²) in [5.41, 5.74) is -0.248. The van der Waals surface area contributed by atoms with Crippen molar-refractivity contribution in [2.45, 2.75) is 98.9 Å². The van der Waals surface area contributed by atoms with Gasteiger partial charge in [0.1, 0.15) is 11.6 Å². The summed E-state index contributed by atoms with van der Waals surface area (Å²) in [7, 11) is 0. The minimum Gasteiger partial charge on any atom is -0.465 e. The van der Waals surface area contributed by atoms with Crippen molar-refractivity contribution < 1.29 is 29.0 Å². The Morgan fingerprint density at radius 2 is 1.91 bits per heavy atom. The van der Waals surface area contributed by atoms with Crippen molar-refractivity contribution in [3.8, 4) is 0 Å². The van der Waals surface area contributed by atoms with E-state index in [2.05, 4.69) is 29.1 Å². The summed E-state index contributed by atoms with van der Waals surface area (Å²) >= 11 is 3.74. The number of amides is 2. The molecule has 43 heavy (non-hydrogen) atoms. The normalized spacial score (nSPS) is 30.6. The molecular formula is C34H45BrN2O6. The molecule has 234 valence electrons. The molecule has 8 nitrogen and oxygen atoms in total. The minimum absolute atomic E-state index is 0.0445. The first kappa shape index (κ1) is 31.9. The first-order valence-electron chi connectivity index (χ1n) is 15.9. The van der Waals surface area contributed by atoms with Gasteiger partial charge in [-0.2, -0.15) is 0 Å². The number of carbonyl (C=O) groups is 3. The Balaban J connectivity index is 1.51. The second kappa shape index (κ2) is 14.1. The molecule has 1 N–H and O–H groups in total. The third-order valence-corrected chi connectivity index (χ3v) is 10.7. The number of fused-ring (bicyclic) bond motifs is 1. The summed E-state index contributed by atoms with van der Waals surface area (Å²) in [5.74, 6) is -2.65. The number of hydrogen-bond acceptors (Lipinski definition) is 6. The van der Waals surface area contributed by atoms with Crippen LogP contribution >= 0.6 is 15.9 Å². The van der Waals surface area contributed by atoms with Crippen LogP contribution in [0.5, 0.6) is 0 Å². The third kappa shape index (κ3) is 6.09. The van der Waals surface area contributed by atoms with Crippen molar-refractivity contribution in [2.75, 3.05) is 19.8 Å². The van der Waals surface area contributed by atoms with Crippen molar-refractivity contribution in [1.82, 2.24) is 9.80 Å². The number of rotatable bonds is 14. The fourth-order valence-electron chi connectivity index (χ4n) is 7.91. The van der Waals surface area contributed by atoms with E-state index in [1.165, 1.54) is 0 Å². The van der Waals surface area contributed by atoms with Gasteiger partial charge in [-0.15, -0.1) is 13.2 Å². The molecule has 3 heterocycles. The van der Waals surface area contributed by atoms with Crippen LogP contribution in [0.3, 0.4) is 0 Å². The third-order valence-electron chi connectivity index (χ3n) is 9.82. The lowest BCUT2D eigenvalue weighted by molar-refractivity contribution is -0.157. The van der Waals surface area contributed by atoms with Gasteiger partial charge in [0.25, 0.3) is 0 Å². The zero-order chi connectivity index (χ0) is 30.6. The zero-order valence-electron chi connectivity index (χ0n) is 25.0. The second-order valence-electron chi connectivity index (χ2n) is 12.5. The predicted molar refractivity (Wildman–Crippen MR) is 167 cm³/mol. The fourth-order valence-corrected chi connectivity index (χ4v) is 8.86. The molecule has 2 bridgehead atoms. The number of benzene rings is 1. The van der Waals surface area contributed by atoms with Crippen molar-refractivity contribution in [1.29, 1.82) is 0 Å². The largest absolute Gasteiger partial charge is 0.465 e. The van der Waals surface area contributed by atoms with Gasteiger partial charge in [-0.1, -0.05) is 77.7 Å². The number of halogens is 1. The highest BCUT2D eigenvalue weighted by Crippen LogP contribution is 2.61. The van der Waals surface area contributed by atoms with Gasteiger partial charge >= 0.3 is 5.97 Å². The predicted octanol–water partition coefficient (Wildman–Crippen LogP) is 4.58. The zero-order valence-corrected chi connectivity index (χ0v) is 26.5.